The zero-order valence-corrected chi connectivity index (χ0v) is 20.5. The summed E-state index contributed by atoms with van der Waals surface area (Å²) >= 11 is 8.14. The molecule has 3 saturated heterocycles. The maximum atomic E-state index is 16.4. The second-order valence-electron chi connectivity index (χ2n) is 9.55. The lowest BCUT2D eigenvalue weighted by Gasteiger charge is -2.56. The smallest absolute Gasteiger partial charge is 0.228 e. The highest BCUT2D eigenvalue weighted by Gasteiger charge is 2.48. The van der Waals surface area contributed by atoms with E-state index < -0.39 is 5.82 Å². The van der Waals surface area contributed by atoms with Gasteiger partial charge in [0.25, 0.3) is 0 Å². The van der Waals surface area contributed by atoms with Gasteiger partial charge in [0.2, 0.25) is 5.95 Å². The molecule has 1 spiro atoms. The number of hydrogen-bond acceptors (Lipinski definition) is 9. The molecule has 0 unspecified atom stereocenters. The van der Waals surface area contributed by atoms with Crippen LogP contribution in [0.3, 0.4) is 0 Å². The molecule has 0 aliphatic carbocycles. The average molecular weight is 511 g/mol. The molecule has 11 heteroatoms. The summed E-state index contributed by atoms with van der Waals surface area (Å²) in [7, 11) is 0. The third-order valence-corrected chi connectivity index (χ3v) is 8.49. The van der Waals surface area contributed by atoms with Gasteiger partial charge < -0.3 is 26.2 Å². The number of nitrogens with one attached hydrogen (secondary N) is 2. The molecular formula is C24H24ClFN8S. The van der Waals surface area contributed by atoms with Crippen molar-refractivity contribution in [3.63, 3.8) is 0 Å². The van der Waals surface area contributed by atoms with Crippen LogP contribution in [0, 0.1) is 5.82 Å². The fourth-order valence-corrected chi connectivity index (χ4v) is 6.47. The first-order valence-corrected chi connectivity index (χ1v) is 13.0. The molecule has 2 aromatic carbocycles. The molecule has 4 aromatic rings. The number of rotatable bonds is 3. The Morgan fingerprint density at radius 2 is 1.86 bits per heavy atom. The minimum Gasteiger partial charge on any atom is -0.375 e. The van der Waals surface area contributed by atoms with Crippen LogP contribution in [0.5, 0.6) is 0 Å². The Bertz CT molecular complexity index is 1470. The summed E-state index contributed by atoms with van der Waals surface area (Å²) in [6.07, 6.45) is 1.15. The van der Waals surface area contributed by atoms with Gasteiger partial charge in [-0.3, -0.25) is 0 Å². The van der Waals surface area contributed by atoms with E-state index in [-0.39, 0.29) is 11.1 Å². The number of benzene rings is 2. The monoisotopic (exact) mass is 510 g/mol. The molecule has 0 radical (unpaired) electrons. The molecule has 0 amide bonds. The molecular weight excluding hydrogens is 487 g/mol. The Labute approximate surface area is 210 Å². The van der Waals surface area contributed by atoms with E-state index in [0.717, 1.165) is 62.8 Å². The summed E-state index contributed by atoms with van der Waals surface area (Å²) in [5, 5.41) is 8.26. The van der Waals surface area contributed by atoms with Crippen LogP contribution < -0.4 is 26.2 Å². The molecule has 0 saturated carbocycles. The minimum atomic E-state index is -0.455. The summed E-state index contributed by atoms with van der Waals surface area (Å²) in [6.45, 7) is 5.97. The van der Waals surface area contributed by atoms with Gasteiger partial charge in [-0.2, -0.15) is 4.98 Å². The van der Waals surface area contributed by atoms with E-state index >= 15 is 4.39 Å². The van der Waals surface area contributed by atoms with Crippen molar-refractivity contribution in [3.05, 3.63) is 35.1 Å². The fourth-order valence-electron chi connectivity index (χ4n) is 5.42. The minimum absolute atomic E-state index is 0.164. The number of aromatic nitrogens is 3. The highest BCUT2D eigenvalue weighted by molar-refractivity contribution is 7.22. The molecule has 8 nitrogen and oxygen atoms in total. The third kappa shape index (κ3) is 3.35. The number of halogens is 2. The molecule has 0 bridgehead atoms. The predicted octanol–water partition coefficient (Wildman–Crippen LogP) is 3.24. The second kappa shape index (κ2) is 7.86. The lowest BCUT2D eigenvalue weighted by Crippen LogP contribution is -2.76. The normalized spacial score (nSPS) is 19.4. The zero-order valence-electron chi connectivity index (χ0n) is 18.9. The van der Waals surface area contributed by atoms with E-state index in [1.807, 2.05) is 18.2 Å². The number of nitrogens with two attached hydrogens (primary N) is 1. The van der Waals surface area contributed by atoms with Gasteiger partial charge in [0.1, 0.15) is 11.3 Å². The van der Waals surface area contributed by atoms with Crippen molar-refractivity contribution in [1.29, 1.82) is 0 Å². The maximum absolute atomic E-state index is 16.4. The lowest BCUT2D eigenvalue weighted by atomic mass is 9.80. The summed E-state index contributed by atoms with van der Waals surface area (Å²) in [6, 6.07) is 7.43. The first kappa shape index (κ1) is 21.5. The van der Waals surface area contributed by atoms with E-state index in [4.69, 9.17) is 27.3 Å². The number of hydrogen-bond donors (Lipinski definition) is 3. The van der Waals surface area contributed by atoms with Crippen LogP contribution in [0.1, 0.15) is 6.42 Å². The van der Waals surface area contributed by atoms with Gasteiger partial charge in [0, 0.05) is 55.8 Å². The number of piperazine rings is 1. The van der Waals surface area contributed by atoms with Gasteiger partial charge in [0.15, 0.2) is 10.9 Å². The highest BCUT2D eigenvalue weighted by atomic mass is 35.5. The van der Waals surface area contributed by atoms with Crippen LogP contribution in [0.15, 0.2) is 24.3 Å². The van der Waals surface area contributed by atoms with Crippen LogP contribution in [-0.2, 0) is 0 Å². The average Bonchev–Trinajstić information content (AvgIpc) is 3.19. The van der Waals surface area contributed by atoms with Gasteiger partial charge >= 0.3 is 0 Å². The number of para-hydroxylation sites is 1. The number of nitrogens with zero attached hydrogens (tertiary/aromatic N) is 5. The van der Waals surface area contributed by atoms with Gasteiger partial charge in [-0.1, -0.05) is 35.1 Å². The second-order valence-corrected chi connectivity index (χ2v) is 11.0. The van der Waals surface area contributed by atoms with Crippen molar-refractivity contribution in [2.75, 3.05) is 61.3 Å². The Morgan fingerprint density at radius 1 is 1.06 bits per heavy atom. The first-order valence-electron chi connectivity index (χ1n) is 11.8. The summed E-state index contributed by atoms with van der Waals surface area (Å²) in [4.78, 5) is 18.5. The lowest BCUT2D eigenvalue weighted by molar-refractivity contribution is 0.158. The highest BCUT2D eigenvalue weighted by Crippen LogP contribution is 2.42. The fraction of sp³-hybridized carbons (Fsp3) is 0.375. The van der Waals surface area contributed by atoms with Crippen LogP contribution >= 0.6 is 22.9 Å². The quantitative estimate of drug-likeness (QED) is 0.386. The molecule has 0 atom stereocenters. The van der Waals surface area contributed by atoms with E-state index in [9.17, 15) is 0 Å². The van der Waals surface area contributed by atoms with Crippen molar-refractivity contribution in [1.82, 2.24) is 25.6 Å². The Balaban J connectivity index is 1.43. The standard InChI is InChI=1S/C24H24ClFN8S/c25-15-10-14-20(18(26)17(15)13-2-1-3-16-19(13)30-22(27)35-16)31-23(34-11-24(12-34)4-5-29-24)32-21(14)33-8-6-28-7-9-33/h1-3,10,28-29H,4-9,11-12H2,(H2,27,30). The molecule has 2 aromatic heterocycles. The Morgan fingerprint density at radius 3 is 2.60 bits per heavy atom. The van der Waals surface area contributed by atoms with Crippen LogP contribution in [0.4, 0.5) is 21.3 Å². The van der Waals surface area contributed by atoms with Gasteiger partial charge in [0.05, 0.1) is 20.8 Å². The molecule has 3 fully saturated rings. The number of thiazole rings is 1. The van der Waals surface area contributed by atoms with E-state index in [2.05, 4.69) is 25.4 Å². The van der Waals surface area contributed by atoms with Crippen molar-refractivity contribution < 1.29 is 4.39 Å². The first-order chi connectivity index (χ1) is 17.0. The maximum Gasteiger partial charge on any atom is 0.228 e. The van der Waals surface area contributed by atoms with Crippen molar-refractivity contribution in [2.45, 2.75) is 12.0 Å². The van der Waals surface area contributed by atoms with Crippen molar-refractivity contribution in [3.8, 4) is 11.1 Å². The van der Waals surface area contributed by atoms with E-state index in [0.29, 0.717) is 38.1 Å². The Kier molecular flexibility index (Phi) is 4.82. The molecule has 35 heavy (non-hydrogen) atoms. The number of fused-ring (bicyclic) bond motifs is 2. The zero-order chi connectivity index (χ0) is 23.7. The summed E-state index contributed by atoms with van der Waals surface area (Å²) in [5.41, 5.74) is 7.97. The molecule has 3 aliphatic heterocycles. The molecule has 180 valence electrons. The van der Waals surface area contributed by atoms with Crippen LogP contribution in [0.2, 0.25) is 5.02 Å². The SMILES string of the molecule is Nc1nc2c(-c3c(Cl)cc4c(N5CCNCC5)nc(N5CC6(CCN6)C5)nc4c3F)cccc2s1. The molecule has 3 aliphatic rings. The Hall–Kier alpha value is -2.79. The predicted molar refractivity (Wildman–Crippen MR) is 140 cm³/mol. The number of nitrogen functional groups attached to an aromatic ring is 1. The van der Waals surface area contributed by atoms with Gasteiger partial charge in [-0.15, -0.1) is 0 Å². The largest absolute Gasteiger partial charge is 0.375 e. The molecule has 4 N–H and O–H groups in total. The van der Waals surface area contributed by atoms with Crippen molar-refractivity contribution in [2.24, 2.45) is 0 Å². The van der Waals surface area contributed by atoms with Gasteiger partial charge in [-0.25, -0.2) is 14.4 Å². The van der Waals surface area contributed by atoms with Crippen molar-refractivity contribution >= 4 is 61.0 Å². The van der Waals surface area contributed by atoms with E-state index in [1.165, 1.54) is 11.3 Å². The third-order valence-electron chi connectivity index (χ3n) is 7.35. The summed E-state index contributed by atoms with van der Waals surface area (Å²) in [5.74, 6) is 0.842. The molecule has 7 rings (SSSR count). The number of anilines is 3. The van der Waals surface area contributed by atoms with Gasteiger partial charge in [-0.05, 0) is 25.1 Å². The molecule has 5 heterocycles. The van der Waals surface area contributed by atoms with Crippen LogP contribution in [-0.4, -0.2) is 66.3 Å². The van der Waals surface area contributed by atoms with Crippen LogP contribution in [0.25, 0.3) is 32.2 Å². The van der Waals surface area contributed by atoms with E-state index in [1.54, 1.807) is 6.07 Å². The summed E-state index contributed by atoms with van der Waals surface area (Å²) < 4.78 is 17.3. The topological polar surface area (TPSA) is 95.2 Å².